The van der Waals surface area contributed by atoms with Crippen LogP contribution in [0.5, 0.6) is 0 Å². The molecule has 1 aliphatic heterocycles. The Bertz CT molecular complexity index is 205. The predicted octanol–water partition coefficient (Wildman–Crippen LogP) is 1.60. The van der Waals surface area contributed by atoms with Gasteiger partial charge in [0.25, 0.3) is 0 Å². The molecular weight excluding hydrogens is 317 g/mol. The highest BCUT2D eigenvalue weighted by atomic mass is 127. The molecular formula is C11H24IN3O. The van der Waals surface area contributed by atoms with Crippen molar-refractivity contribution in [2.45, 2.75) is 32.7 Å². The predicted molar refractivity (Wildman–Crippen MR) is 78.6 cm³/mol. The first-order chi connectivity index (χ1) is 7.26. The quantitative estimate of drug-likeness (QED) is 0.464. The van der Waals surface area contributed by atoms with Crippen LogP contribution in [-0.4, -0.2) is 38.8 Å². The molecule has 0 bridgehead atoms. The van der Waals surface area contributed by atoms with Gasteiger partial charge in [-0.25, -0.2) is 0 Å². The van der Waals surface area contributed by atoms with Gasteiger partial charge in [0.2, 0.25) is 0 Å². The van der Waals surface area contributed by atoms with Crippen LogP contribution in [0.15, 0.2) is 4.99 Å². The second-order valence-corrected chi connectivity index (χ2v) is 4.14. The molecule has 96 valence electrons. The zero-order chi connectivity index (χ0) is 11.1. The van der Waals surface area contributed by atoms with E-state index in [9.17, 15) is 0 Å². The molecule has 0 radical (unpaired) electrons. The molecule has 5 heteroatoms. The summed E-state index contributed by atoms with van der Waals surface area (Å²) < 4.78 is 5.33. The Kier molecular flexibility index (Phi) is 9.02. The summed E-state index contributed by atoms with van der Waals surface area (Å²) in [6, 6.07) is 0.469. The third kappa shape index (κ3) is 5.89. The standard InChI is InChI=1S/C11H23N3O.HI/c1-4-9(2)14-11(12-3)13-7-10-5-6-15-8-10;/h9-10H,4-8H2,1-3H3,(H2,12,13,14);1H. The lowest BCUT2D eigenvalue weighted by molar-refractivity contribution is 0.186. The number of guanidine groups is 1. The van der Waals surface area contributed by atoms with Crippen LogP contribution in [0.3, 0.4) is 0 Å². The lowest BCUT2D eigenvalue weighted by Crippen LogP contribution is -2.43. The fourth-order valence-electron chi connectivity index (χ4n) is 1.52. The molecule has 1 rings (SSSR count). The Morgan fingerprint density at radius 3 is 2.81 bits per heavy atom. The van der Waals surface area contributed by atoms with E-state index in [1.807, 2.05) is 7.05 Å². The van der Waals surface area contributed by atoms with Crippen LogP contribution < -0.4 is 10.6 Å². The molecule has 0 amide bonds. The molecule has 2 atom stereocenters. The first kappa shape index (κ1) is 16.0. The summed E-state index contributed by atoms with van der Waals surface area (Å²) in [5.74, 6) is 1.54. The number of ether oxygens (including phenoxy) is 1. The average Bonchev–Trinajstić information content (AvgIpc) is 2.76. The molecule has 2 N–H and O–H groups in total. The summed E-state index contributed by atoms with van der Waals surface area (Å²) in [4.78, 5) is 4.19. The number of hydrogen-bond donors (Lipinski definition) is 2. The highest BCUT2D eigenvalue weighted by Gasteiger charge is 2.15. The Balaban J connectivity index is 0.00000225. The molecule has 4 nitrogen and oxygen atoms in total. The van der Waals surface area contributed by atoms with Crippen LogP contribution in [0, 0.1) is 5.92 Å². The molecule has 2 unspecified atom stereocenters. The highest BCUT2D eigenvalue weighted by Crippen LogP contribution is 2.10. The Morgan fingerprint density at radius 2 is 2.31 bits per heavy atom. The van der Waals surface area contributed by atoms with E-state index in [1.54, 1.807) is 0 Å². The summed E-state index contributed by atoms with van der Waals surface area (Å²) in [5, 5.41) is 6.67. The van der Waals surface area contributed by atoms with Gasteiger partial charge in [-0.3, -0.25) is 4.99 Å². The maximum atomic E-state index is 5.33. The molecule has 0 saturated carbocycles. The van der Waals surface area contributed by atoms with Gasteiger partial charge in [-0.05, 0) is 19.8 Å². The summed E-state index contributed by atoms with van der Waals surface area (Å²) in [6.07, 6.45) is 2.26. The van der Waals surface area contributed by atoms with Crippen molar-refractivity contribution in [1.29, 1.82) is 0 Å². The molecule has 0 aromatic carbocycles. The van der Waals surface area contributed by atoms with Gasteiger partial charge in [-0.15, -0.1) is 24.0 Å². The van der Waals surface area contributed by atoms with Gasteiger partial charge in [0.05, 0.1) is 6.61 Å². The number of halogens is 1. The third-order valence-corrected chi connectivity index (χ3v) is 2.80. The van der Waals surface area contributed by atoms with Crippen LogP contribution in [0.1, 0.15) is 26.7 Å². The molecule has 0 aliphatic carbocycles. The van der Waals surface area contributed by atoms with Gasteiger partial charge in [0.15, 0.2) is 5.96 Å². The lowest BCUT2D eigenvalue weighted by atomic mass is 10.1. The van der Waals surface area contributed by atoms with Crippen molar-refractivity contribution >= 4 is 29.9 Å². The molecule has 0 aromatic heterocycles. The molecule has 0 spiro atoms. The van der Waals surface area contributed by atoms with Crippen molar-refractivity contribution < 1.29 is 4.74 Å². The minimum atomic E-state index is 0. The topological polar surface area (TPSA) is 45.7 Å². The van der Waals surface area contributed by atoms with E-state index < -0.39 is 0 Å². The van der Waals surface area contributed by atoms with Crippen LogP contribution in [0.25, 0.3) is 0 Å². The summed E-state index contributed by atoms with van der Waals surface area (Å²) in [5.41, 5.74) is 0. The molecule has 0 aromatic rings. The van der Waals surface area contributed by atoms with Crippen molar-refractivity contribution in [3.8, 4) is 0 Å². The van der Waals surface area contributed by atoms with Gasteiger partial charge < -0.3 is 15.4 Å². The van der Waals surface area contributed by atoms with E-state index in [1.165, 1.54) is 0 Å². The summed E-state index contributed by atoms with van der Waals surface area (Å²) in [6.45, 7) is 7.06. The van der Waals surface area contributed by atoms with Crippen LogP contribution >= 0.6 is 24.0 Å². The van der Waals surface area contributed by atoms with Gasteiger partial charge in [0, 0.05) is 32.2 Å². The van der Waals surface area contributed by atoms with Crippen molar-refractivity contribution in [1.82, 2.24) is 10.6 Å². The minimum absolute atomic E-state index is 0. The first-order valence-electron chi connectivity index (χ1n) is 5.81. The van der Waals surface area contributed by atoms with Gasteiger partial charge in [-0.1, -0.05) is 6.92 Å². The highest BCUT2D eigenvalue weighted by molar-refractivity contribution is 14.0. The zero-order valence-corrected chi connectivity index (χ0v) is 12.8. The lowest BCUT2D eigenvalue weighted by Gasteiger charge is -2.17. The maximum absolute atomic E-state index is 5.33. The summed E-state index contributed by atoms with van der Waals surface area (Å²) in [7, 11) is 1.81. The van der Waals surface area contributed by atoms with E-state index in [0.29, 0.717) is 12.0 Å². The Morgan fingerprint density at radius 1 is 1.56 bits per heavy atom. The smallest absolute Gasteiger partial charge is 0.191 e. The van der Waals surface area contributed by atoms with Gasteiger partial charge in [-0.2, -0.15) is 0 Å². The van der Waals surface area contributed by atoms with E-state index in [4.69, 9.17) is 4.74 Å². The largest absolute Gasteiger partial charge is 0.381 e. The zero-order valence-electron chi connectivity index (χ0n) is 10.5. The normalized spacial score (nSPS) is 22.4. The van der Waals surface area contributed by atoms with Crippen molar-refractivity contribution in [2.75, 3.05) is 26.8 Å². The van der Waals surface area contributed by atoms with Gasteiger partial charge in [0.1, 0.15) is 0 Å². The fourth-order valence-corrected chi connectivity index (χ4v) is 1.52. The molecule has 1 aliphatic rings. The van der Waals surface area contributed by atoms with Crippen LogP contribution in [-0.2, 0) is 4.74 Å². The van der Waals surface area contributed by atoms with E-state index >= 15 is 0 Å². The molecule has 1 heterocycles. The number of nitrogens with zero attached hydrogens (tertiary/aromatic N) is 1. The van der Waals surface area contributed by atoms with Crippen LogP contribution in [0.4, 0.5) is 0 Å². The van der Waals surface area contributed by atoms with E-state index in [2.05, 4.69) is 29.5 Å². The second-order valence-electron chi connectivity index (χ2n) is 4.14. The monoisotopic (exact) mass is 341 g/mol. The van der Waals surface area contributed by atoms with Crippen molar-refractivity contribution in [2.24, 2.45) is 10.9 Å². The van der Waals surface area contributed by atoms with Gasteiger partial charge >= 0.3 is 0 Å². The number of aliphatic imine (C=N–C) groups is 1. The molecule has 1 fully saturated rings. The third-order valence-electron chi connectivity index (χ3n) is 2.80. The maximum Gasteiger partial charge on any atom is 0.191 e. The number of rotatable bonds is 4. The fraction of sp³-hybridized carbons (Fsp3) is 0.909. The van der Waals surface area contributed by atoms with E-state index in [-0.39, 0.29) is 24.0 Å². The summed E-state index contributed by atoms with van der Waals surface area (Å²) >= 11 is 0. The van der Waals surface area contributed by atoms with Crippen LogP contribution in [0.2, 0.25) is 0 Å². The number of nitrogens with one attached hydrogen (secondary N) is 2. The molecule has 1 saturated heterocycles. The van der Waals surface area contributed by atoms with Crippen molar-refractivity contribution in [3.63, 3.8) is 0 Å². The Labute approximate surface area is 116 Å². The Hall–Kier alpha value is -0.0400. The first-order valence-corrected chi connectivity index (χ1v) is 5.81. The molecule has 16 heavy (non-hydrogen) atoms. The average molecular weight is 341 g/mol. The van der Waals surface area contributed by atoms with Crippen molar-refractivity contribution in [3.05, 3.63) is 0 Å². The number of hydrogen-bond acceptors (Lipinski definition) is 2. The SMILES string of the molecule is CCC(C)NC(=NC)NCC1CCOC1.I. The minimum Gasteiger partial charge on any atom is -0.381 e. The van der Waals surface area contributed by atoms with E-state index in [0.717, 1.165) is 38.6 Å². The second kappa shape index (κ2) is 9.04.